The van der Waals surface area contributed by atoms with Crippen LogP contribution in [0.3, 0.4) is 0 Å². The van der Waals surface area contributed by atoms with Gasteiger partial charge in [-0.15, -0.1) is 0 Å². The number of rotatable bonds is 6. The highest BCUT2D eigenvalue weighted by molar-refractivity contribution is 7.89. The second kappa shape index (κ2) is 10.1. The first-order valence-electron chi connectivity index (χ1n) is 10.8. The van der Waals surface area contributed by atoms with Crippen LogP contribution in [0, 0.1) is 18.8 Å². The van der Waals surface area contributed by atoms with Crippen molar-refractivity contribution in [1.29, 1.82) is 0 Å². The van der Waals surface area contributed by atoms with Gasteiger partial charge in [0.1, 0.15) is 0 Å². The number of nitrogens with one attached hydrogen (secondary N) is 1. The predicted molar refractivity (Wildman–Crippen MR) is 115 cm³/mol. The van der Waals surface area contributed by atoms with Gasteiger partial charge in [0, 0.05) is 19.1 Å². The minimum absolute atomic E-state index is 0.0291. The van der Waals surface area contributed by atoms with Crippen molar-refractivity contribution in [2.24, 2.45) is 11.8 Å². The van der Waals surface area contributed by atoms with Crippen molar-refractivity contribution in [2.75, 3.05) is 32.9 Å². The fourth-order valence-electron chi connectivity index (χ4n) is 4.16. The molecule has 1 saturated carbocycles. The zero-order valence-corrected chi connectivity index (χ0v) is 19.2. The van der Waals surface area contributed by atoms with Crippen molar-refractivity contribution in [3.8, 4) is 0 Å². The highest BCUT2D eigenvalue weighted by Crippen LogP contribution is 2.29. The number of sulfonamides is 1. The molecule has 1 aromatic rings. The average Bonchev–Trinajstić information content (AvgIpc) is 2.76. The molecule has 2 aliphatic rings. The zero-order valence-electron chi connectivity index (χ0n) is 18.4. The summed E-state index contributed by atoms with van der Waals surface area (Å²) in [6.07, 6.45) is 3.15. The van der Waals surface area contributed by atoms with E-state index in [1.54, 1.807) is 13.0 Å². The number of ether oxygens (including phenoxy) is 2. The van der Waals surface area contributed by atoms with Gasteiger partial charge in [0.25, 0.3) is 5.91 Å². The minimum Gasteiger partial charge on any atom is -0.452 e. The van der Waals surface area contributed by atoms with Gasteiger partial charge in [-0.25, -0.2) is 13.2 Å². The highest BCUT2D eigenvalue weighted by atomic mass is 32.2. The van der Waals surface area contributed by atoms with Crippen LogP contribution in [0.15, 0.2) is 23.1 Å². The number of aryl methyl sites for hydroxylation is 1. The van der Waals surface area contributed by atoms with Crippen molar-refractivity contribution >= 4 is 21.9 Å². The molecule has 1 aliphatic carbocycles. The lowest BCUT2D eigenvalue weighted by Gasteiger charge is -2.34. The fraction of sp³-hybridized carbons (Fsp3) is 0.636. The topological polar surface area (TPSA) is 102 Å². The number of amides is 1. The molecule has 172 valence electrons. The van der Waals surface area contributed by atoms with Crippen molar-refractivity contribution in [1.82, 2.24) is 9.62 Å². The molecule has 0 unspecified atom stereocenters. The van der Waals surface area contributed by atoms with Gasteiger partial charge in [0.15, 0.2) is 6.61 Å². The van der Waals surface area contributed by atoms with E-state index in [-0.39, 0.29) is 35.5 Å². The Morgan fingerprint density at radius 2 is 1.90 bits per heavy atom. The molecule has 0 radical (unpaired) electrons. The molecule has 0 spiro atoms. The lowest BCUT2D eigenvalue weighted by molar-refractivity contribution is -0.125. The number of carbonyl (C=O) groups excluding carboxylic acids is 2. The van der Waals surface area contributed by atoms with Gasteiger partial charge < -0.3 is 14.8 Å². The molecular formula is C22H32N2O6S. The molecule has 3 rings (SSSR count). The lowest BCUT2D eigenvalue weighted by Crippen LogP contribution is -2.45. The Balaban J connectivity index is 1.63. The standard InChI is InChI=1S/C22H32N2O6S/c1-15-5-4-6-20(17(15)3)23-21(25)14-30-22(26)19-13-18(8-7-16(19)2)31(27,28)24-9-11-29-12-10-24/h7-8,13,15,17,20H,4-6,9-12,14H2,1-3H3,(H,23,25)/t15-,17+,20+/m0/s1. The van der Waals surface area contributed by atoms with Crippen molar-refractivity contribution in [3.05, 3.63) is 29.3 Å². The summed E-state index contributed by atoms with van der Waals surface area (Å²) in [7, 11) is -3.73. The van der Waals surface area contributed by atoms with E-state index in [4.69, 9.17) is 9.47 Å². The third-order valence-electron chi connectivity index (χ3n) is 6.42. The Kier molecular flexibility index (Phi) is 7.72. The van der Waals surface area contributed by atoms with Crippen LogP contribution in [-0.4, -0.2) is 63.6 Å². The maximum Gasteiger partial charge on any atom is 0.338 e. The lowest BCUT2D eigenvalue weighted by atomic mass is 9.78. The molecule has 31 heavy (non-hydrogen) atoms. The van der Waals surface area contributed by atoms with E-state index in [1.807, 2.05) is 0 Å². The second-order valence-electron chi connectivity index (χ2n) is 8.51. The maximum atomic E-state index is 12.9. The van der Waals surface area contributed by atoms with E-state index in [2.05, 4.69) is 19.2 Å². The van der Waals surface area contributed by atoms with Crippen molar-refractivity contribution in [2.45, 2.75) is 51.0 Å². The summed E-state index contributed by atoms with van der Waals surface area (Å²) in [6.45, 7) is 6.85. The van der Waals surface area contributed by atoms with Crippen molar-refractivity contribution < 1.29 is 27.5 Å². The summed E-state index contributed by atoms with van der Waals surface area (Å²) >= 11 is 0. The van der Waals surface area contributed by atoms with Gasteiger partial charge in [-0.05, 0) is 42.9 Å². The van der Waals surface area contributed by atoms with Gasteiger partial charge in [-0.2, -0.15) is 4.31 Å². The molecule has 1 aliphatic heterocycles. The summed E-state index contributed by atoms with van der Waals surface area (Å²) in [5.74, 6) is -0.135. The molecule has 8 nitrogen and oxygen atoms in total. The van der Waals surface area contributed by atoms with Crippen LogP contribution in [-0.2, 0) is 24.3 Å². The number of carbonyl (C=O) groups is 2. The quantitative estimate of drug-likeness (QED) is 0.664. The van der Waals surface area contributed by atoms with Gasteiger partial charge in [0.2, 0.25) is 10.0 Å². The summed E-state index contributed by atoms with van der Waals surface area (Å²) < 4.78 is 37.5. The Labute approximate surface area is 184 Å². The van der Waals surface area contributed by atoms with E-state index in [1.165, 1.54) is 16.4 Å². The fourth-order valence-corrected chi connectivity index (χ4v) is 5.60. The smallest absolute Gasteiger partial charge is 0.338 e. The molecule has 1 N–H and O–H groups in total. The summed E-state index contributed by atoms with van der Waals surface area (Å²) in [5, 5.41) is 2.97. The molecule has 9 heteroatoms. The van der Waals surface area contributed by atoms with Gasteiger partial charge in [-0.1, -0.05) is 32.8 Å². The Hall–Kier alpha value is -1.97. The summed E-state index contributed by atoms with van der Waals surface area (Å²) in [6, 6.07) is 4.47. The van der Waals surface area contributed by atoms with Crippen LogP contribution in [0.1, 0.15) is 49.0 Å². The number of hydrogen-bond donors (Lipinski definition) is 1. The molecule has 1 aromatic carbocycles. The monoisotopic (exact) mass is 452 g/mol. The number of morpholine rings is 1. The van der Waals surface area contributed by atoms with E-state index >= 15 is 0 Å². The first-order chi connectivity index (χ1) is 14.7. The van der Waals surface area contributed by atoms with E-state index < -0.39 is 22.6 Å². The Bertz CT molecular complexity index is 911. The minimum atomic E-state index is -3.73. The molecule has 1 heterocycles. The van der Waals surface area contributed by atoms with E-state index in [9.17, 15) is 18.0 Å². The van der Waals surface area contributed by atoms with Crippen LogP contribution in [0.25, 0.3) is 0 Å². The summed E-state index contributed by atoms with van der Waals surface area (Å²) in [4.78, 5) is 24.9. The number of esters is 1. The second-order valence-corrected chi connectivity index (χ2v) is 10.4. The first-order valence-corrected chi connectivity index (χ1v) is 12.3. The molecular weight excluding hydrogens is 420 g/mol. The van der Waals surface area contributed by atoms with Crippen LogP contribution < -0.4 is 5.32 Å². The summed E-state index contributed by atoms with van der Waals surface area (Å²) in [5.41, 5.74) is 0.725. The normalized spacial score (nSPS) is 25.1. The predicted octanol–water partition coefficient (Wildman–Crippen LogP) is 2.11. The van der Waals surface area contributed by atoms with Gasteiger partial charge >= 0.3 is 5.97 Å². The zero-order chi connectivity index (χ0) is 22.6. The maximum absolute atomic E-state index is 12.9. The Morgan fingerprint density at radius 1 is 1.19 bits per heavy atom. The molecule has 3 atom stereocenters. The number of nitrogens with zero attached hydrogens (tertiary/aromatic N) is 1. The average molecular weight is 453 g/mol. The van der Waals surface area contributed by atoms with Gasteiger partial charge in [0.05, 0.1) is 23.7 Å². The third-order valence-corrected chi connectivity index (χ3v) is 8.32. The largest absolute Gasteiger partial charge is 0.452 e. The Morgan fingerprint density at radius 3 is 2.61 bits per heavy atom. The molecule has 0 aromatic heterocycles. The molecule has 1 amide bonds. The molecule has 1 saturated heterocycles. The van der Waals surface area contributed by atoms with E-state index in [0.717, 1.165) is 19.3 Å². The molecule has 2 fully saturated rings. The van der Waals surface area contributed by atoms with Crippen LogP contribution >= 0.6 is 0 Å². The highest BCUT2D eigenvalue weighted by Gasteiger charge is 2.29. The number of hydrogen-bond acceptors (Lipinski definition) is 6. The molecule has 0 bridgehead atoms. The van der Waals surface area contributed by atoms with E-state index in [0.29, 0.717) is 30.6 Å². The first kappa shape index (κ1) is 23.7. The third kappa shape index (κ3) is 5.64. The van der Waals surface area contributed by atoms with Crippen molar-refractivity contribution in [3.63, 3.8) is 0 Å². The van der Waals surface area contributed by atoms with Crippen LogP contribution in [0.2, 0.25) is 0 Å². The van der Waals surface area contributed by atoms with Gasteiger partial charge in [-0.3, -0.25) is 4.79 Å². The number of benzene rings is 1. The SMILES string of the molecule is Cc1ccc(S(=O)(=O)N2CCOCC2)cc1C(=O)OCC(=O)N[C@@H]1CCC[C@H](C)[C@H]1C. The van der Waals surface area contributed by atoms with Crippen LogP contribution in [0.5, 0.6) is 0 Å². The van der Waals surface area contributed by atoms with Crippen LogP contribution in [0.4, 0.5) is 0 Å².